The lowest BCUT2D eigenvalue weighted by atomic mass is 9.73. The van der Waals surface area contributed by atoms with E-state index in [1.54, 1.807) is 0 Å². The normalized spacial score (nSPS) is 12.9. The number of rotatable bonds is 5. The SMILES string of the molecule is Cc1ccc(OC(C)(C)CC(C)(C)C(C)C)cc1. The summed E-state index contributed by atoms with van der Waals surface area (Å²) in [5.41, 5.74) is 1.42. The molecule has 0 amide bonds. The topological polar surface area (TPSA) is 9.23 Å². The fourth-order valence-electron chi connectivity index (χ4n) is 2.26. The van der Waals surface area contributed by atoms with Gasteiger partial charge in [0.1, 0.15) is 11.4 Å². The van der Waals surface area contributed by atoms with E-state index >= 15 is 0 Å². The van der Waals surface area contributed by atoms with E-state index in [2.05, 4.69) is 72.7 Å². The Bertz CT molecular complexity index is 371. The third kappa shape index (κ3) is 4.36. The Hall–Kier alpha value is -0.980. The smallest absolute Gasteiger partial charge is 0.120 e. The van der Waals surface area contributed by atoms with Crippen LogP contribution in [0.25, 0.3) is 0 Å². The quantitative estimate of drug-likeness (QED) is 0.693. The highest BCUT2D eigenvalue weighted by molar-refractivity contribution is 5.26. The van der Waals surface area contributed by atoms with Crippen molar-refractivity contribution in [3.63, 3.8) is 0 Å². The predicted octanol–water partition coefficient (Wildman–Crippen LogP) is 5.22. The van der Waals surface area contributed by atoms with E-state index in [0.29, 0.717) is 5.92 Å². The Morgan fingerprint density at radius 3 is 1.94 bits per heavy atom. The number of hydrogen-bond donors (Lipinski definition) is 0. The molecule has 0 atom stereocenters. The number of hydrogen-bond acceptors (Lipinski definition) is 1. The van der Waals surface area contributed by atoms with Gasteiger partial charge < -0.3 is 4.74 Å². The fourth-order valence-corrected chi connectivity index (χ4v) is 2.26. The van der Waals surface area contributed by atoms with Gasteiger partial charge in [-0.25, -0.2) is 0 Å². The largest absolute Gasteiger partial charge is 0.488 e. The van der Waals surface area contributed by atoms with Gasteiger partial charge in [-0.15, -0.1) is 0 Å². The molecule has 1 aromatic carbocycles. The maximum absolute atomic E-state index is 6.14. The molecule has 1 aromatic rings. The minimum Gasteiger partial charge on any atom is -0.488 e. The molecule has 1 nitrogen and oxygen atoms in total. The summed E-state index contributed by atoms with van der Waals surface area (Å²) in [5.74, 6) is 1.61. The first-order valence-corrected chi connectivity index (χ1v) is 6.88. The van der Waals surface area contributed by atoms with E-state index in [9.17, 15) is 0 Å². The Kier molecular flexibility index (Phi) is 4.47. The molecule has 1 heteroatoms. The standard InChI is InChI=1S/C17H28O/c1-13(2)16(4,5)12-17(6,7)18-15-10-8-14(3)9-11-15/h8-11,13H,12H2,1-7H3. The Morgan fingerprint density at radius 1 is 1.00 bits per heavy atom. The molecule has 102 valence electrons. The number of ether oxygens (including phenoxy) is 1. The van der Waals surface area contributed by atoms with Gasteiger partial charge in [-0.1, -0.05) is 45.4 Å². The van der Waals surface area contributed by atoms with E-state index in [0.717, 1.165) is 12.2 Å². The van der Waals surface area contributed by atoms with Crippen molar-refractivity contribution in [1.82, 2.24) is 0 Å². The second-order valence-electron chi connectivity index (χ2n) is 6.99. The number of aryl methyl sites for hydroxylation is 1. The molecule has 0 saturated carbocycles. The molecule has 0 aliphatic carbocycles. The van der Waals surface area contributed by atoms with Crippen LogP contribution in [0.5, 0.6) is 5.75 Å². The van der Waals surface area contributed by atoms with Crippen LogP contribution >= 0.6 is 0 Å². The third-order valence-electron chi connectivity index (χ3n) is 3.86. The summed E-state index contributed by atoms with van der Waals surface area (Å²) in [4.78, 5) is 0. The molecule has 0 saturated heterocycles. The van der Waals surface area contributed by atoms with Crippen molar-refractivity contribution in [3.8, 4) is 5.75 Å². The van der Waals surface area contributed by atoms with Crippen LogP contribution in [0, 0.1) is 18.3 Å². The van der Waals surface area contributed by atoms with Gasteiger partial charge in [0.05, 0.1) is 0 Å². The molecular formula is C17H28O. The molecule has 0 aliphatic heterocycles. The van der Waals surface area contributed by atoms with Crippen molar-refractivity contribution in [2.45, 2.75) is 60.5 Å². The molecule has 0 aliphatic rings. The van der Waals surface area contributed by atoms with E-state index < -0.39 is 0 Å². The predicted molar refractivity (Wildman–Crippen MR) is 79.1 cm³/mol. The van der Waals surface area contributed by atoms with Gasteiger partial charge in [0.25, 0.3) is 0 Å². The van der Waals surface area contributed by atoms with Crippen LogP contribution in [0.1, 0.15) is 53.5 Å². The zero-order valence-electron chi connectivity index (χ0n) is 13.0. The summed E-state index contributed by atoms with van der Waals surface area (Å²) in [6.45, 7) is 15.6. The van der Waals surface area contributed by atoms with Crippen molar-refractivity contribution in [1.29, 1.82) is 0 Å². The van der Waals surface area contributed by atoms with Crippen LogP contribution < -0.4 is 4.74 Å². The molecule has 1 rings (SSSR count). The fraction of sp³-hybridized carbons (Fsp3) is 0.647. The van der Waals surface area contributed by atoms with Gasteiger partial charge in [-0.3, -0.25) is 0 Å². The monoisotopic (exact) mass is 248 g/mol. The van der Waals surface area contributed by atoms with E-state index in [1.807, 2.05) is 0 Å². The van der Waals surface area contributed by atoms with Gasteiger partial charge in [0.2, 0.25) is 0 Å². The second kappa shape index (κ2) is 5.34. The van der Waals surface area contributed by atoms with E-state index in [1.165, 1.54) is 5.56 Å². The summed E-state index contributed by atoms with van der Waals surface area (Å²) in [6.07, 6.45) is 1.05. The lowest BCUT2D eigenvalue weighted by Gasteiger charge is -2.38. The van der Waals surface area contributed by atoms with Crippen LogP contribution in [0.3, 0.4) is 0 Å². The first-order chi connectivity index (χ1) is 8.12. The summed E-state index contributed by atoms with van der Waals surface area (Å²) in [6, 6.07) is 8.30. The van der Waals surface area contributed by atoms with Crippen molar-refractivity contribution >= 4 is 0 Å². The maximum Gasteiger partial charge on any atom is 0.120 e. The Morgan fingerprint density at radius 2 is 1.50 bits per heavy atom. The van der Waals surface area contributed by atoms with Crippen LogP contribution in [-0.2, 0) is 0 Å². The lowest BCUT2D eigenvalue weighted by molar-refractivity contribution is 0.0387. The minimum atomic E-state index is -0.136. The van der Waals surface area contributed by atoms with Crippen molar-refractivity contribution in [2.24, 2.45) is 11.3 Å². The molecule has 0 fully saturated rings. The van der Waals surface area contributed by atoms with Crippen LogP contribution in [0.4, 0.5) is 0 Å². The van der Waals surface area contributed by atoms with E-state index in [4.69, 9.17) is 4.74 Å². The first kappa shape index (κ1) is 15.1. The molecule has 0 unspecified atom stereocenters. The van der Waals surface area contributed by atoms with Crippen LogP contribution in [0.15, 0.2) is 24.3 Å². The summed E-state index contributed by atoms with van der Waals surface area (Å²) < 4.78 is 6.14. The van der Waals surface area contributed by atoms with Crippen molar-refractivity contribution < 1.29 is 4.74 Å². The number of benzene rings is 1. The highest BCUT2D eigenvalue weighted by Crippen LogP contribution is 2.37. The van der Waals surface area contributed by atoms with Gasteiger partial charge in [0.15, 0.2) is 0 Å². The third-order valence-corrected chi connectivity index (χ3v) is 3.86. The molecule has 18 heavy (non-hydrogen) atoms. The summed E-state index contributed by atoms with van der Waals surface area (Å²) in [7, 11) is 0. The molecule has 0 heterocycles. The average Bonchev–Trinajstić information content (AvgIpc) is 2.19. The highest BCUT2D eigenvalue weighted by atomic mass is 16.5. The second-order valence-corrected chi connectivity index (χ2v) is 6.99. The van der Waals surface area contributed by atoms with Gasteiger partial charge in [0, 0.05) is 0 Å². The van der Waals surface area contributed by atoms with Crippen molar-refractivity contribution in [2.75, 3.05) is 0 Å². The first-order valence-electron chi connectivity index (χ1n) is 6.88. The minimum absolute atomic E-state index is 0.136. The van der Waals surface area contributed by atoms with E-state index in [-0.39, 0.29) is 11.0 Å². The summed E-state index contributed by atoms with van der Waals surface area (Å²) in [5, 5.41) is 0. The molecule has 0 aromatic heterocycles. The molecular weight excluding hydrogens is 220 g/mol. The van der Waals surface area contributed by atoms with Crippen LogP contribution in [0.2, 0.25) is 0 Å². The van der Waals surface area contributed by atoms with Gasteiger partial charge >= 0.3 is 0 Å². The highest BCUT2D eigenvalue weighted by Gasteiger charge is 2.32. The van der Waals surface area contributed by atoms with Gasteiger partial charge in [-0.2, -0.15) is 0 Å². The Balaban J connectivity index is 2.73. The molecule has 0 spiro atoms. The maximum atomic E-state index is 6.14. The molecule has 0 radical (unpaired) electrons. The Labute approximate surface area is 113 Å². The summed E-state index contributed by atoms with van der Waals surface area (Å²) >= 11 is 0. The molecule has 0 N–H and O–H groups in total. The zero-order chi connectivity index (χ0) is 14.0. The lowest BCUT2D eigenvalue weighted by Crippen LogP contribution is -2.36. The average molecular weight is 248 g/mol. The zero-order valence-corrected chi connectivity index (χ0v) is 13.0. The van der Waals surface area contributed by atoms with Crippen LogP contribution in [-0.4, -0.2) is 5.60 Å². The van der Waals surface area contributed by atoms with Gasteiger partial charge in [-0.05, 0) is 50.7 Å². The van der Waals surface area contributed by atoms with Crippen molar-refractivity contribution in [3.05, 3.63) is 29.8 Å². The molecule has 0 bridgehead atoms.